The van der Waals surface area contributed by atoms with Crippen LogP contribution in [0.3, 0.4) is 0 Å². The van der Waals surface area contributed by atoms with Gasteiger partial charge < -0.3 is 20.2 Å². The standard InChI is InChI=1S/C22H21ClN6O2/c1-14-3-2-4-16(23)20(14)26-21-19-12-24-13-29(19)18-11-15(5-6-17(18)25-21)27-7-9-28(10-8-27)22(30)31/h2-6,11-13H,7-10H2,1H3,(H,25,26)(H,30,31). The highest BCUT2D eigenvalue weighted by Gasteiger charge is 2.21. The molecule has 4 aromatic rings. The molecule has 31 heavy (non-hydrogen) atoms. The van der Waals surface area contributed by atoms with E-state index in [1.54, 1.807) is 12.5 Å². The molecule has 3 heterocycles. The van der Waals surface area contributed by atoms with Crippen LogP contribution in [0.25, 0.3) is 16.6 Å². The van der Waals surface area contributed by atoms with E-state index in [9.17, 15) is 9.90 Å². The Balaban J connectivity index is 1.53. The van der Waals surface area contributed by atoms with Gasteiger partial charge in [-0.25, -0.2) is 14.8 Å². The summed E-state index contributed by atoms with van der Waals surface area (Å²) >= 11 is 6.40. The topological polar surface area (TPSA) is 86.0 Å². The second-order valence-corrected chi connectivity index (χ2v) is 8.00. The smallest absolute Gasteiger partial charge is 0.407 e. The molecular formula is C22H21ClN6O2. The van der Waals surface area contributed by atoms with Gasteiger partial charge in [0.15, 0.2) is 5.82 Å². The number of rotatable bonds is 3. The summed E-state index contributed by atoms with van der Waals surface area (Å²) in [5, 5.41) is 13.2. The molecule has 0 aliphatic carbocycles. The number of aromatic nitrogens is 3. The largest absolute Gasteiger partial charge is 0.465 e. The van der Waals surface area contributed by atoms with Gasteiger partial charge in [-0.1, -0.05) is 23.7 Å². The molecule has 1 aliphatic heterocycles. The van der Waals surface area contributed by atoms with Gasteiger partial charge in [-0.05, 0) is 36.8 Å². The second kappa shape index (κ2) is 7.63. The maximum Gasteiger partial charge on any atom is 0.407 e. The number of anilines is 3. The van der Waals surface area contributed by atoms with Gasteiger partial charge in [0.2, 0.25) is 0 Å². The molecule has 1 fully saturated rings. The number of carboxylic acid groups (broad SMARTS) is 1. The molecule has 1 aliphatic rings. The lowest BCUT2D eigenvalue weighted by molar-refractivity contribution is 0.142. The molecule has 0 radical (unpaired) electrons. The van der Waals surface area contributed by atoms with Crippen LogP contribution in [0.5, 0.6) is 0 Å². The van der Waals surface area contributed by atoms with Crippen LogP contribution in [0, 0.1) is 6.92 Å². The van der Waals surface area contributed by atoms with Crippen molar-refractivity contribution in [1.82, 2.24) is 19.3 Å². The van der Waals surface area contributed by atoms with Crippen LogP contribution >= 0.6 is 11.6 Å². The van der Waals surface area contributed by atoms with Crippen LogP contribution in [-0.4, -0.2) is 56.6 Å². The molecule has 1 amide bonds. The van der Waals surface area contributed by atoms with Gasteiger partial charge in [0.05, 0.1) is 34.3 Å². The summed E-state index contributed by atoms with van der Waals surface area (Å²) in [6, 6.07) is 11.9. The van der Waals surface area contributed by atoms with Crippen LogP contribution in [0.2, 0.25) is 5.02 Å². The fourth-order valence-corrected chi connectivity index (χ4v) is 4.26. The predicted molar refractivity (Wildman–Crippen MR) is 122 cm³/mol. The van der Waals surface area contributed by atoms with E-state index < -0.39 is 6.09 Å². The van der Waals surface area contributed by atoms with Crippen molar-refractivity contribution in [2.45, 2.75) is 6.92 Å². The molecule has 8 nitrogen and oxygen atoms in total. The van der Waals surface area contributed by atoms with E-state index in [-0.39, 0.29) is 0 Å². The van der Waals surface area contributed by atoms with Crippen LogP contribution in [0.1, 0.15) is 5.56 Å². The minimum absolute atomic E-state index is 0.492. The van der Waals surface area contributed by atoms with Crippen molar-refractivity contribution in [2.24, 2.45) is 0 Å². The highest BCUT2D eigenvalue weighted by molar-refractivity contribution is 6.33. The second-order valence-electron chi connectivity index (χ2n) is 7.60. The Morgan fingerprint density at radius 2 is 1.94 bits per heavy atom. The third kappa shape index (κ3) is 3.48. The predicted octanol–water partition coefficient (Wildman–Crippen LogP) is 4.39. The molecule has 2 N–H and O–H groups in total. The van der Waals surface area contributed by atoms with Crippen molar-refractivity contribution < 1.29 is 9.90 Å². The lowest BCUT2D eigenvalue weighted by Crippen LogP contribution is -2.48. The number of aryl methyl sites for hydroxylation is 1. The van der Waals surface area contributed by atoms with Gasteiger partial charge in [-0.3, -0.25) is 4.40 Å². The molecular weight excluding hydrogens is 416 g/mol. The normalized spacial score (nSPS) is 14.4. The van der Waals surface area contributed by atoms with Gasteiger partial charge in [0.25, 0.3) is 0 Å². The van der Waals surface area contributed by atoms with Crippen molar-refractivity contribution in [1.29, 1.82) is 0 Å². The van der Waals surface area contributed by atoms with Gasteiger partial charge in [-0.2, -0.15) is 0 Å². The first-order chi connectivity index (χ1) is 15.0. The fourth-order valence-electron chi connectivity index (χ4n) is 3.99. The quantitative estimate of drug-likeness (QED) is 0.495. The number of amides is 1. The van der Waals surface area contributed by atoms with Crippen LogP contribution < -0.4 is 10.2 Å². The van der Waals surface area contributed by atoms with Crippen molar-refractivity contribution in [3.05, 3.63) is 59.5 Å². The van der Waals surface area contributed by atoms with E-state index in [0.717, 1.165) is 33.5 Å². The Morgan fingerprint density at radius 1 is 1.13 bits per heavy atom. The zero-order chi connectivity index (χ0) is 21.5. The van der Waals surface area contributed by atoms with Gasteiger partial charge in [0.1, 0.15) is 5.52 Å². The average Bonchev–Trinajstić information content (AvgIpc) is 3.27. The molecule has 0 atom stereocenters. The number of carbonyl (C=O) groups is 1. The highest BCUT2D eigenvalue weighted by atomic mass is 35.5. The molecule has 0 bridgehead atoms. The minimum atomic E-state index is -0.865. The zero-order valence-electron chi connectivity index (χ0n) is 16.9. The first-order valence-corrected chi connectivity index (χ1v) is 10.4. The number of nitrogens with zero attached hydrogens (tertiary/aromatic N) is 5. The Morgan fingerprint density at radius 3 is 2.68 bits per heavy atom. The molecule has 2 aromatic carbocycles. The number of fused-ring (bicyclic) bond motifs is 3. The monoisotopic (exact) mass is 436 g/mol. The van der Waals surface area contributed by atoms with E-state index in [1.165, 1.54) is 4.90 Å². The first-order valence-electron chi connectivity index (χ1n) is 10.0. The molecule has 0 saturated carbocycles. The lowest BCUT2D eigenvalue weighted by Gasteiger charge is -2.34. The number of benzene rings is 2. The van der Waals surface area contributed by atoms with Crippen LogP contribution in [0.4, 0.5) is 22.0 Å². The summed E-state index contributed by atoms with van der Waals surface area (Å²) in [4.78, 5) is 24.0. The number of piperazine rings is 1. The molecule has 5 rings (SSSR count). The summed E-state index contributed by atoms with van der Waals surface area (Å²) in [6.45, 7) is 4.30. The molecule has 0 unspecified atom stereocenters. The Bertz CT molecular complexity index is 1280. The number of imidazole rings is 1. The SMILES string of the molecule is Cc1cccc(Cl)c1Nc1nc2ccc(N3CCN(C(=O)O)CC3)cc2n2cncc12. The number of halogens is 1. The molecule has 0 spiro atoms. The third-order valence-corrected chi connectivity index (χ3v) is 6.03. The van der Waals surface area contributed by atoms with Gasteiger partial charge >= 0.3 is 6.09 Å². The summed E-state index contributed by atoms with van der Waals surface area (Å²) in [6.07, 6.45) is 2.69. The van der Waals surface area contributed by atoms with E-state index >= 15 is 0 Å². The van der Waals surface area contributed by atoms with E-state index in [2.05, 4.69) is 21.3 Å². The van der Waals surface area contributed by atoms with Gasteiger partial charge in [0, 0.05) is 31.9 Å². The number of nitrogens with one attached hydrogen (secondary N) is 1. The van der Waals surface area contributed by atoms with Crippen molar-refractivity contribution in [3.8, 4) is 0 Å². The van der Waals surface area contributed by atoms with E-state index in [0.29, 0.717) is 37.0 Å². The number of hydrogen-bond acceptors (Lipinski definition) is 5. The Hall–Kier alpha value is -3.52. The van der Waals surface area contributed by atoms with Crippen LogP contribution in [-0.2, 0) is 0 Å². The minimum Gasteiger partial charge on any atom is -0.465 e. The van der Waals surface area contributed by atoms with Crippen molar-refractivity contribution >= 4 is 51.4 Å². The Labute approximate surface area is 183 Å². The zero-order valence-corrected chi connectivity index (χ0v) is 17.7. The summed E-state index contributed by atoms with van der Waals surface area (Å²) < 4.78 is 2.01. The van der Waals surface area contributed by atoms with Crippen molar-refractivity contribution in [2.75, 3.05) is 36.4 Å². The van der Waals surface area contributed by atoms with Crippen LogP contribution in [0.15, 0.2) is 48.9 Å². The molecule has 158 valence electrons. The third-order valence-electron chi connectivity index (χ3n) is 5.71. The Kier molecular flexibility index (Phi) is 4.78. The molecule has 9 heteroatoms. The first kappa shape index (κ1) is 19.4. The fraction of sp³-hybridized carbons (Fsp3) is 0.227. The molecule has 1 saturated heterocycles. The van der Waals surface area contributed by atoms with Crippen molar-refractivity contribution in [3.63, 3.8) is 0 Å². The molecule has 2 aromatic heterocycles. The summed E-state index contributed by atoms with van der Waals surface area (Å²) in [7, 11) is 0. The summed E-state index contributed by atoms with van der Waals surface area (Å²) in [5.74, 6) is 0.684. The lowest BCUT2D eigenvalue weighted by atomic mass is 10.2. The summed E-state index contributed by atoms with van der Waals surface area (Å²) in [5.41, 5.74) is 5.50. The highest BCUT2D eigenvalue weighted by Crippen LogP contribution is 2.32. The average molecular weight is 437 g/mol. The van der Waals surface area contributed by atoms with Gasteiger partial charge in [-0.15, -0.1) is 0 Å². The van der Waals surface area contributed by atoms with E-state index in [4.69, 9.17) is 16.6 Å². The maximum atomic E-state index is 11.2. The number of para-hydroxylation sites is 1. The number of hydrogen-bond donors (Lipinski definition) is 2. The maximum absolute atomic E-state index is 11.2. The van der Waals surface area contributed by atoms with E-state index in [1.807, 2.05) is 41.7 Å².